The molecule has 2 atom stereocenters. The third-order valence-electron chi connectivity index (χ3n) is 3.58. The van der Waals surface area contributed by atoms with Gasteiger partial charge in [0.05, 0.1) is 5.92 Å². The summed E-state index contributed by atoms with van der Waals surface area (Å²) in [5.74, 6) is -2.27. The minimum atomic E-state index is -4.21. The molecule has 20 heavy (non-hydrogen) atoms. The number of hydrogen-bond donors (Lipinski definition) is 1. The maximum absolute atomic E-state index is 12.7. The van der Waals surface area contributed by atoms with E-state index in [1.807, 2.05) is 0 Å². The summed E-state index contributed by atoms with van der Waals surface area (Å²) in [5.41, 5.74) is 0.250. The third kappa shape index (κ3) is 3.71. The molecule has 6 heteroatoms. The van der Waals surface area contributed by atoms with Gasteiger partial charge in [-0.2, -0.15) is 13.2 Å². The van der Waals surface area contributed by atoms with Crippen LogP contribution in [-0.2, 0) is 0 Å². The fraction of sp³-hybridized carbons (Fsp3) is 0.500. The van der Waals surface area contributed by atoms with Gasteiger partial charge in [0.2, 0.25) is 0 Å². The monoisotopic (exact) mass is 289 g/mol. The highest BCUT2D eigenvalue weighted by atomic mass is 19.4. The Morgan fingerprint density at radius 1 is 1.15 bits per heavy atom. The van der Waals surface area contributed by atoms with E-state index in [2.05, 4.69) is 5.32 Å². The van der Waals surface area contributed by atoms with E-state index in [1.165, 1.54) is 12.1 Å². The molecule has 1 amide bonds. The predicted octanol–water partition coefficient (Wildman–Crippen LogP) is 3.68. The number of rotatable bonds is 2. The average Bonchev–Trinajstić information content (AvgIpc) is 2.38. The lowest BCUT2D eigenvalue weighted by atomic mass is 9.85. The van der Waals surface area contributed by atoms with E-state index in [4.69, 9.17) is 0 Å². The number of benzene rings is 1. The van der Waals surface area contributed by atoms with E-state index < -0.39 is 29.9 Å². The number of alkyl halides is 3. The molecule has 2 rings (SSSR count). The Kier molecular flexibility index (Phi) is 4.30. The van der Waals surface area contributed by atoms with E-state index in [9.17, 15) is 22.4 Å². The fourth-order valence-electron chi connectivity index (χ4n) is 2.49. The van der Waals surface area contributed by atoms with Crippen LogP contribution >= 0.6 is 0 Å². The standard InChI is InChI=1S/C14H15F4NO/c15-11-6-4-9(5-7-11)13(20)19-12-3-1-2-10(8-12)14(16,17)18/h4-7,10,12H,1-3,8H2,(H,19,20). The molecule has 0 saturated heterocycles. The number of halogens is 4. The summed E-state index contributed by atoms with van der Waals surface area (Å²) in [6, 6.07) is 4.44. The van der Waals surface area contributed by atoms with Gasteiger partial charge in [-0.3, -0.25) is 4.79 Å². The highest BCUT2D eigenvalue weighted by molar-refractivity contribution is 5.94. The van der Waals surface area contributed by atoms with Crippen molar-refractivity contribution in [1.29, 1.82) is 0 Å². The molecule has 0 radical (unpaired) electrons. The van der Waals surface area contributed by atoms with Gasteiger partial charge in [-0.05, 0) is 43.5 Å². The van der Waals surface area contributed by atoms with Gasteiger partial charge >= 0.3 is 6.18 Å². The van der Waals surface area contributed by atoms with Crippen molar-refractivity contribution in [3.05, 3.63) is 35.6 Å². The Morgan fingerprint density at radius 2 is 1.80 bits per heavy atom. The topological polar surface area (TPSA) is 29.1 Å². The smallest absolute Gasteiger partial charge is 0.349 e. The summed E-state index contributed by atoms with van der Waals surface area (Å²) in [4.78, 5) is 11.9. The summed E-state index contributed by atoms with van der Waals surface area (Å²) in [6.45, 7) is 0. The van der Waals surface area contributed by atoms with Crippen molar-refractivity contribution in [2.24, 2.45) is 5.92 Å². The number of amides is 1. The maximum atomic E-state index is 12.7. The number of hydrogen-bond acceptors (Lipinski definition) is 1. The first-order chi connectivity index (χ1) is 9.36. The van der Waals surface area contributed by atoms with Gasteiger partial charge in [-0.25, -0.2) is 4.39 Å². The lowest BCUT2D eigenvalue weighted by Gasteiger charge is -2.31. The van der Waals surface area contributed by atoms with E-state index in [0.717, 1.165) is 12.1 Å². The zero-order valence-electron chi connectivity index (χ0n) is 10.7. The van der Waals surface area contributed by atoms with Crippen molar-refractivity contribution < 1.29 is 22.4 Å². The largest absolute Gasteiger partial charge is 0.391 e. The zero-order chi connectivity index (χ0) is 14.8. The number of carbonyl (C=O) groups is 1. The third-order valence-corrected chi connectivity index (χ3v) is 3.58. The van der Waals surface area contributed by atoms with Crippen molar-refractivity contribution in [2.45, 2.75) is 37.9 Å². The summed E-state index contributed by atoms with van der Waals surface area (Å²) in [6.07, 6.45) is -3.19. The highest BCUT2D eigenvalue weighted by Crippen LogP contribution is 2.37. The molecule has 1 aromatic carbocycles. The molecule has 1 N–H and O–H groups in total. The Balaban J connectivity index is 1.96. The Labute approximate surface area is 114 Å². The van der Waals surface area contributed by atoms with Gasteiger partial charge in [0.1, 0.15) is 5.82 Å². The van der Waals surface area contributed by atoms with Crippen LogP contribution < -0.4 is 5.32 Å². The molecule has 2 nitrogen and oxygen atoms in total. The van der Waals surface area contributed by atoms with Crippen LogP contribution in [0.4, 0.5) is 17.6 Å². The van der Waals surface area contributed by atoms with Gasteiger partial charge < -0.3 is 5.32 Å². The van der Waals surface area contributed by atoms with Crippen molar-refractivity contribution in [3.8, 4) is 0 Å². The lowest BCUT2D eigenvalue weighted by Crippen LogP contribution is -2.41. The molecule has 0 aromatic heterocycles. The quantitative estimate of drug-likeness (QED) is 0.827. The fourth-order valence-corrected chi connectivity index (χ4v) is 2.49. The van der Waals surface area contributed by atoms with Crippen LogP contribution in [0.3, 0.4) is 0 Å². The first-order valence-electron chi connectivity index (χ1n) is 6.49. The molecule has 0 aliphatic heterocycles. The molecular weight excluding hydrogens is 274 g/mol. The van der Waals surface area contributed by atoms with Crippen molar-refractivity contribution in [2.75, 3.05) is 0 Å². The van der Waals surface area contributed by atoms with Crippen LogP contribution in [0.2, 0.25) is 0 Å². The van der Waals surface area contributed by atoms with Crippen LogP contribution in [0.1, 0.15) is 36.0 Å². The van der Waals surface area contributed by atoms with Crippen LogP contribution in [0.5, 0.6) is 0 Å². The molecule has 1 aliphatic rings. The first kappa shape index (κ1) is 14.8. The van der Waals surface area contributed by atoms with Crippen LogP contribution in [0, 0.1) is 11.7 Å². The van der Waals surface area contributed by atoms with Crippen molar-refractivity contribution >= 4 is 5.91 Å². The van der Waals surface area contributed by atoms with Gasteiger partial charge in [0, 0.05) is 11.6 Å². The summed E-state index contributed by atoms with van der Waals surface area (Å²) in [7, 11) is 0. The maximum Gasteiger partial charge on any atom is 0.391 e. The SMILES string of the molecule is O=C(NC1CCCC(C(F)(F)F)C1)c1ccc(F)cc1. The second-order valence-corrected chi connectivity index (χ2v) is 5.08. The molecule has 1 saturated carbocycles. The number of carbonyl (C=O) groups excluding carboxylic acids is 1. The first-order valence-corrected chi connectivity index (χ1v) is 6.49. The Morgan fingerprint density at radius 3 is 2.40 bits per heavy atom. The molecule has 1 fully saturated rings. The predicted molar refractivity (Wildman–Crippen MR) is 65.7 cm³/mol. The van der Waals surface area contributed by atoms with Gasteiger partial charge in [0.25, 0.3) is 5.91 Å². The molecule has 0 bridgehead atoms. The summed E-state index contributed by atoms with van der Waals surface area (Å²) >= 11 is 0. The minimum Gasteiger partial charge on any atom is -0.349 e. The second-order valence-electron chi connectivity index (χ2n) is 5.08. The Bertz CT molecular complexity index is 469. The van der Waals surface area contributed by atoms with E-state index in [-0.39, 0.29) is 18.4 Å². The van der Waals surface area contributed by atoms with E-state index in [0.29, 0.717) is 12.8 Å². The minimum absolute atomic E-state index is 0.0869. The molecule has 0 heterocycles. The van der Waals surface area contributed by atoms with E-state index >= 15 is 0 Å². The highest BCUT2D eigenvalue weighted by Gasteiger charge is 2.42. The van der Waals surface area contributed by atoms with Crippen molar-refractivity contribution in [3.63, 3.8) is 0 Å². The molecular formula is C14H15F4NO. The molecule has 110 valence electrons. The van der Waals surface area contributed by atoms with Crippen LogP contribution in [-0.4, -0.2) is 18.1 Å². The lowest BCUT2D eigenvalue weighted by molar-refractivity contribution is -0.183. The molecule has 0 spiro atoms. The van der Waals surface area contributed by atoms with Gasteiger partial charge in [-0.15, -0.1) is 0 Å². The summed E-state index contributed by atoms with van der Waals surface area (Å²) in [5, 5.41) is 2.60. The van der Waals surface area contributed by atoms with Gasteiger partial charge in [0.15, 0.2) is 0 Å². The Hall–Kier alpha value is -1.59. The summed E-state index contributed by atoms with van der Waals surface area (Å²) < 4.78 is 50.7. The van der Waals surface area contributed by atoms with Crippen LogP contribution in [0.25, 0.3) is 0 Å². The van der Waals surface area contributed by atoms with E-state index in [1.54, 1.807) is 0 Å². The molecule has 2 unspecified atom stereocenters. The number of nitrogens with one attached hydrogen (secondary N) is 1. The van der Waals surface area contributed by atoms with Crippen molar-refractivity contribution in [1.82, 2.24) is 5.32 Å². The second kappa shape index (κ2) is 5.81. The zero-order valence-corrected chi connectivity index (χ0v) is 10.7. The average molecular weight is 289 g/mol. The molecule has 1 aliphatic carbocycles. The molecule has 1 aromatic rings. The van der Waals surface area contributed by atoms with Gasteiger partial charge in [-0.1, -0.05) is 6.42 Å². The van der Waals surface area contributed by atoms with Crippen LogP contribution in [0.15, 0.2) is 24.3 Å². The normalized spacial score (nSPS) is 23.4.